The lowest BCUT2D eigenvalue weighted by Gasteiger charge is -2.06. The summed E-state index contributed by atoms with van der Waals surface area (Å²) < 4.78 is 0. The van der Waals surface area contributed by atoms with Crippen molar-refractivity contribution in [3.63, 3.8) is 0 Å². The highest BCUT2D eigenvalue weighted by atomic mass is 32.1. The number of aromatic amines is 1. The zero-order chi connectivity index (χ0) is 11.5. The number of nitrogens with zero attached hydrogens (tertiary/aromatic N) is 4. The molecule has 2 heterocycles. The van der Waals surface area contributed by atoms with Crippen LogP contribution in [0.4, 0.5) is 5.13 Å². The van der Waals surface area contributed by atoms with E-state index in [1.807, 2.05) is 6.92 Å². The molecule has 8 nitrogen and oxygen atoms in total. The topological polar surface area (TPSA) is 117 Å². The molecular weight excluding hydrogens is 232 g/mol. The van der Waals surface area contributed by atoms with Crippen LogP contribution in [-0.4, -0.2) is 36.7 Å². The molecule has 0 aliphatic heterocycles. The van der Waals surface area contributed by atoms with Gasteiger partial charge in [0.25, 0.3) is 0 Å². The Kier molecular flexibility index (Phi) is 2.77. The molecule has 1 unspecified atom stereocenters. The number of hydrogen-bond acceptors (Lipinski definition) is 7. The summed E-state index contributed by atoms with van der Waals surface area (Å²) in [5.41, 5.74) is 0. The Morgan fingerprint density at radius 3 is 3.06 bits per heavy atom. The third kappa shape index (κ3) is 2.14. The number of nitrogens with one attached hydrogen (secondary N) is 2. The number of thiazole rings is 1. The zero-order valence-corrected chi connectivity index (χ0v) is 9.02. The van der Waals surface area contributed by atoms with E-state index in [1.165, 1.54) is 6.20 Å². The van der Waals surface area contributed by atoms with Gasteiger partial charge in [-0.2, -0.15) is 5.21 Å². The molecule has 3 N–H and O–H groups in total. The summed E-state index contributed by atoms with van der Waals surface area (Å²) in [7, 11) is 0. The molecule has 0 radical (unpaired) electrons. The average Bonchev–Trinajstić information content (AvgIpc) is 2.87. The summed E-state index contributed by atoms with van der Waals surface area (Å²) in [6.07, 6.45) is 1.30. The van der Waals surface area contributed by atoms with E-state index >= 15 is 0 Å². The number of rotatable bonds is 4. The van der Waals surface area contributed by atoms with Crippen LogP contribution < -0.4 is 5.32 Å². The summed E-state index contributed by atoms with van der Waals surface area (Å²) in [5, 5.41) is 25.6. The minimum atomic E-state index is -0.988. The maximum absolute atomic E-state index is 10.6. The van der Waals surface area contributed by atoms with Crippen LogP contribution in [-0.2, 0) is 0 Å². The number of carboxylic acid groups (broad SMARTS) is 1. The monoisotopic (exact) mass is 240 g/mol. The molecule has 9 heteroatoms. The Balaban J connectivity index is 2.06. The van der Waals surface area contributed by atoms with Crippen molar-refractivity contribution in [2.75, 3.05) is 5.32 Å². The van der Waals surface area contributed by atoms with E-state index in [0.29, 0.717) is 11.0 Å². The largest absolute Gasteiger partial charge is 0.477 e. The minimum Gasteiger partial charge on any atom is -0.477 e. The highest BCUT2D eigenvalue weighted by Gasteiger charge is 2.13. The van der Waals surface area contributed by atoms with Crippen molar-refractivity contribution in [3.8, 4) is 0 Å². The van der Waals surface area contributed by atoms with Crippen molar-refractivity contribution < 1.29 is 9.90 Å². The number of carboxylic acids is 1. The quantitative estimate of drug-likeness (QED) is 0.713. The summed E-state index contributed by atoms with van der Waals surface area (Å²) in [6, 6.07) is -0.188. The van der Waals surface area contributed by atoms with E-state index in [1.54, 1.807) is 0 Å². The summed E-state index contributed by atoms with van der Waals surface area (Å²) in [5.74, 6) is -0.496. The van der Waals surface area contributed by atoms with Gasteiger partial charge in [-0.25, -0.2) is 9.78 Å². The van der Waals surface area contributed by atoms with Crippen LogP contribution in [0.25, 0.3) is 0 Å². The maximum atomic E-state index is 10.6. The lowest BCUT2D eigenvalue weighted by atomic mass is 10.3. The Labute approximate surface area is 93.7 Å². The predicted molar refractivity (Wildman–Crippen MR) is 55.3 cm³/mol. The van der Waals surface area contributed by atoms with Crippen molar-refractivity contribution in [2.24, 2.45) is 0 Å². The molecule has 0 bridgehead atoms. The fraction of sp³-hybridized carbons (Fsp3) is 0.286. The molecule has 1 atom stereocenters. The van der Waals surface area contributed by atoms with Gasteiger partial charge >= 0.3 is 5.97 Å². The SMILES string of the molecule is CC(Nc1ncc(C(=O)O)s1)c1nn[nH]n1. The lowest BCUT2D eigenvalue weighted by Crippen LogP contribution is -2.08. The molecule has 16 heavy (non-hydrogen) atoms. The third-order valence-corrected chi connectivity index (χ3v) is 2.72. The molecule has 2 rings (SSSR count). The molecule has 0 saturated carbocycles. The first kappa shape index (κ1) is 10.5. The van der Waals surface area contributed by atoms with E-state index in [0.717, 1.165) is 11.3 Å². The van der Waals surface area contributed by atoms with Crippen LogP contribution in [0.3, 0.4) is 0 Å². The van der Waals surface area contributed by atoms with Gasteiger partial charge in [-0.3, -0.25) is 0 Å². The van der Waals surface area contributed by atoms with Crippen molar-refractivity contribution in [1.82, 2.24) is 25.6 Å². The fourth-order valence-electron chi connectivity index (χ4n) is 1.04. The second-order valence-electron chi connectivity index (χ2n) is 2.97. The van der Waals surface area contributed by atoms with Crippen molar-refractivity contribution in [1.29, 1.82) is 0 Å². The highest BCUT2D eigenvalue weighted by molar-refractivity contribution is 7.17. The Hall–Kier alpha value is -2.03. The van der Waals surface area contributed by atoms with E-state index in [-0.39, 0.29) is 10.9 Å². The number of anilines is 1. The van der Waals surface area contributed by atoms with Gasteiger partial charge in [-0.15, -0.1) is 10.2 Å². The van der Waals surface area contributed by atoms with Crippen LogP contribution >= 0.6 is 11.3 Å². The second-order valence-corrected chi connectivity index (χ2v) is 4.00. The van der Waals surface area contributed by atoms with Gasteiger partial charge in [0.15, 0.2) is 11.0 Å². The number of H-pyrrole nitrogens is 1. The molecule has 0 aromatic carbocycles. The van der Waals surface area contributed by atoms with Crippen LogP contribution in [0.2, 0.25) is 0 Å². The van der Waals surface area contributed by atoms with Gasteiger partial charge in [-0.1, -0.05) is 16.6 Å². The highest BCUT2D eigenvalue weighted by Crippen LogP contribution is 2.21. The molecular formula is C7H8N6O2S. The summed E-state index contributed by atoms with van der Waals surface area (Å²) in [6.45, 7) is 1.83. The van der Waals surface area contributed by atoms with E-state index < -0.39 is 5.97 Å². The van der Waals surface area contributed by atoms with Crippen molar-refractivity contribution >= 4 is 22.4 Å². The molecule has 0 fully saturated rings. The van der Waals surface area contributed by atoms with E-state index in [4.69, 9.17) is 5.11 Å². The maximum Gasteiger partial charge on any atom is 0.347 e. The first-order valence-electron chi connectivity index (χ1n) is 4.36. The number of hydrogen-bond donors (Lipinski definition) is 3. The van der Waals surface area contributed by atoms with Crippen molar-refractivity contribution in [2.45, 2.75) is 13.0 Å². The average molecular weight is 240 g/mol. The van der Waals surface area contributed by atoms with Gasteiger partial charge in [0, 0.05) is 0 Å². The van der Waals surface area contributed by atoms with Crippen molar-refractivity contribution in [3.05, 3.63) is 16.9 Å². The summed E-state index contributed by atoms with van der Waals surface area (Å²) in [4.78, 5) is 14.7. The van der Waals surface area contributed by atoms with E-state index in [9.17, 15) is 4.79 Å². The molecule has 0 aliphatic rings. The fourth-order valence-corrected chi connectivity index (χ4v) is 1.78. The molecule has 2 aromatic heterocycles. The number of tetrazole rings is 1. The van der Waals surface area contributed by atoms with Gasteiger partial charge in [0.2, 0.25) is 0 Å². The first-order chi connectivity index (χ1) is 7.66. The van der Waals surface area contributed by atoms with E-state index in [2.05, 4.69) is 30.9 Å². The van der Waals surface area contributed by atoms with Gasteiger partial charge < -0.3 is 10.4 Å². The molecule has 84 valence electrons. The van der Waals surface area contributed by atoms with Gasteiger partial charge in [0.05, 0.1) is 12.2 Å². The van der Waals surface area contributed by atoms with Crippen LogP contribution in [0, 0.1) is 0 Å². The number of carbonyl (C=O) groups is 1. The Morgan fingerprint density at radius 1 is 1.69 bits per heavy atom. The lowest BCUT2D eigenvalue weighted by molar-refractivity contribution is 0.0702. The number of aromatic carboxylic acids is 1. The standard InChI is InChI=1S/C7H8N6O2S/c1-3(5-10-12-13-11-5)9-7-8-2-4(16-7)6(14)15/h2-3H,1H3,(H,8,9)(H,14,15)(H,10,11,12,13). The molecule has 0 saturated heterocycles. The zero-order valence-electron chi connectivity index (χ0n) is 8.21. The molecule has 0 spiro atoms. The Morgan fingerprint density at radius 2 is 2.50 bits per heavy atom. The van der Waals surface area contributed by atoms with Crippen LogP contribution in [0.5, 0.6) is 0 Å². The molecule has 0 aliphatic carbocycles. The Bertz CT molecular complexity index is 481. The van der Waals surface area contributed by atoms with Crippen LogP contribution in [0.1, 0.15) is 28.5 Å². The molecule has 0 amide bonds. The number of aromatic nitrogens is 5. The third-order valence-electron chi connectivity index (χ3n) is 1.81. The normalized spacial score (nSPS) is 12.3. The van der Waals surface area contributed by atoms with Crippen LogP contribution in [0.15, 0.2) is 6.20 Å². The first-order valence-corrected chi connectivity index (χ1v) is 5.17. The minimum absolute atomic E-state index is 0.183. The summed E-state index contributed by atoms with van der Waals surface area (Å²) >= 11 is 1.06. The van der Waals surface area contributed by atoms with Gasteiger partial charge in [-0.05, 0) is 6.92 Å². The predicted octanol–water partition coefficient (Wildman–Crippen LogP) is 0.527. The smallest absolute Gasteiger partial charge is 0.347 e. The van der Waals surface area contributed by atoms with Gasteiger partial charge in [0.1, 0.15) is 4.88 Å². The second kappa shape index (κ2) is 4.23. The molecule has 2 aromatic rings.